The van der Waals surface area contributed by atoms with Crippen LogP contribution in [0.4, 0.5) is 15.2 Å². The SMILES string of the molecule is COC(=O)c1sc(Nc2c(F)cccc2Br)nc1Cl. The second-order valence-corrected chi connectivity index (χ2v) is 5.56. The predicted molar refractivity (Wildman–Crippen MR) is 75.8 cm³/mol. The van der Waals surface area contributed by atoms with E-state index in [1.54, 1.807) is 12.1 Å². The van der Waals surface area contributed by atoms with Crippen LogP contribution in [0.3, 0.4) is 0 Å². The Hall–Kier alpha value is -1.18. The monoisotopic (exact) mass is 364 g/mol. The highest BCUT2D eigenvalue weighted by atomic mass is 79.9. The number of nitrogens with zero attached hydrogens (tertiary/aromatic N) is 1. The Labute approximate surface area is 125 Å². The van der Waals surface area contributed by atoms with Crippen molar-refractivity contribution in [3.05, 3.63) is 38.5 Å². The van der Waals surface area contributed by atoms with Crippen molar-refractivity contribution in [3.63, 3.8) is 0 Å². The van der Waals surface area contributed by atoms with Crippen LogP contribution < -0.4 is 5.32 Å². The lowest BCUT2D eigenvalue weighted by Gasteiger charge is -2.05. The summed E-state index contributed by atoms with van der Waals surface area (Å²) in [5.41, 5.74) is 0.226. The number of ether oxygens (including phenoxy) is 1. The lowest BCUT2D eigenvalue weighted by atomic mass is 10.3. The topological polar surface area (TPSA) is 51.2 Å². The molecule has 0 aliphatic rings. The van der Waals surface area contributed by atoms with E-state index in [0.717, 1.165) is 11.3 Å². The van der Waals surface area contributed by atoms with Crippen LogP contribution in [0.15, 0.2) is 22.7 Å². The minimum absolute atomic E-state index is 0.0202. The summed E-state index contributed by atoms with van der Waals surface area (Å²) in [6.07, 6.45) is 0. The average Bonchev–Trinajstić information content (AvgIpc) is 2.74. The summed E-state index contributed by atoms with van der Waals surface area (Å²) in [5.74, 6) is -1.02. The van der Waals surface area contributed by atoms with Crippen LogP contribution in [0.1, 0.15) is 9.67 Å². The molecule has 1 heterocycles. The van der Waals surface area contributed by atoms with E-state index in [-0.39, 0.29) is 15.7 Å². The number of halogens is 3. The Kier molecular flexibility index (Phi) is 4.38. The first-order valence-electron chi connectivity index (χ1n) is 4.98. The third kappa shape index (κ3) is 3.05. The summed E-state index contributed by atoms with van der Waals surface area (Å²) in [6, 6.07) is 4.56. The van der Waals surface area contributed by atoms with E-state index >= 15 is 0 Å². The first-order valence-corrected chi connectivity index (χ1v) is 6.97. The van der Waals surface area contributed by atoms with Crippen LogP contribution in [0.2, 0.25) is 5.15 Å². The molecule has 0 saturated carbocycles. The average molecular weight is 366 g/mol. The number of carbonyl (C=O) groups excluding carboxylic acids is 1. The summed E-state index contributed by atoms with van der Waals surface area (Å²) in [7, 11) is 1.25. The number of benzene rings is 1. The molecule has 8 heteroatoms. The summed E-state index contributed by atoms with van der Waals surface area (Å²) in [6.45, 7) is 0. The van der Waals surface area contributed by atoms with Gasteiger partial charge >= 0.3 is 5.97 Å². The summed E-state index contributed by atoms with van der Waals surface area (Å²) in [5, 5.41) is 3.10. The van der Waals surface area contributed by atoms with Gasteiger partial charge in [0.15, 0.2) is 15.2 Å². The highest BCUT2D eigenvalue weighted by molar-refractivity contribution is 9.10. The van der Waals surface area contributed by atoms with Gasteiger partial charge in [0.05, 0.1) is 12.8 Å². The maximum absolute atomic E-state index is 13.6. The zero-order chi connectivity index (χ0) is 14.0. The van der Waals surface area contributed by atoms with Gasteiger partial charge in [-0.15, -0.1) is 0 Å². The van der Waals surface area contributed by atoms with Gasteiger partial charge in [0, 0.05) is 4.47 Å². The minimum Gasteiger partial charge on any atom is -0.465 e. The van der Waals surface area contributed by atoms with E-state index in [1.165, 1.54) is 13.2 Å². The molecule has 100 valence electrons. The zero-order valence-electron chi connectivity index (χ0n) is 9.54. The van der Waals surface area contributed by atoms with Crippen LogP contribution in [0.5, 0.6) is 0 Å². The molecule has 0 aliphatic heterocycles. The first-order chi connectivity index (χ1) is 9.02. The largest absolute Gasteiger partial charge is 0.465 e. The van der Waals surface area contributed by atoms with Crippen molar-refractivity contribution < 1.29 is 13.9 Å². The van der Waals surface area contributed by atoms with Gasteiger partial charge in [-0.1, -0.05) is 29.0 Å². The van der Waals surface area contributed by atoms with E-state index in [9.17, 15) is 9.18 Å². The summed E-state index contributed by atoms with van der Waals surface area (Å²) in [4.78, 5) is 15.5. The zero-order valence-corrected chi connectivity index (χ0v) is 12.7. The number of anilines is 2. The first kappa shape index (κ1) is 14.2. The van der Waals surface area contributed by atoms with E-state index in [2.05, 4.69) is 31.0 Å². The molecular formula is C11H7BrClFN2O2S. The van der Waals surface area contributed by atoms with Crippen LogP contribution in [0.25, 0.3) is 0 Å². The lowest BCUT2D eigenvalue weighted by molar-refractivity contribution is 0.0606. The molecule has 1 aromatic heterocycles. The van der Waals surface area contributed by atoms with Crippen molar-refractivity contribution in [2.75, 3.05) is 12.4 Å². The van der Waals surface area contributed by atoms with E-state index in [4.69, 9.17) is 11.6 Å². The molecule has 4 nitrogen and oxygen atoms in total. The molecule has 0 fully saturated rings. The van der Waals surface area contributed by atoms with Crippen molar-refractivity contribution in [1.82, 2.24) is 4.98 Å². The minimum atomic E-state index is -0.580. The quantitative estimate of drug-likeness (QED) is 0.827. The number of hydrogen-bond acceptors (Lipinski definition) is 5. The molecule has 1 N–H and O–H groups in total. The Bertz CT molecular complexity index is 615. The predicted octanol–water partition coefficient (Wildman–Crippen LogP) is 4.23. The highest BCUT2D eigenvalue weighted by Gasteiger charge is 2.18. The number of rotatable bonds is 3. The number of para-hydroxylation sites is 1. The lowest BCUT2D eigenvalue weighted by Crippen LogP contribution is -1.98. The number of esters is 1. The van der Waals surface area contributed by atoms with Crippen molar-refractivity contribution in [3.8, 4) is 0 Å². The van der Waals surface area contributed by atoms with E-state index in [0.29, 0.717) is 9.60 Å². The third-order valence-electron chi connectivity index (χ3n) is 2.15. The van der Waals surface area contributed by atoms with Crippen molar-refractivity contribution in [2.45, 2.75) is 0 Å². The van der Waals surface area contributed by atoms with Crippen molar-refractivity contribution in [2.24, 2.45) is 0 Å². The molecule has 2 rings (SSSR count). The number of aromatic nitrogens is 1. The van der Waals surface area contributed by atoms with Gasteiger partial charge in [-0.2, -0.15) is 0 Å². The highest BCUT2D eigenvalue weighted by Crippen LogP contribution is 2.33. The standard InChI is InChI=1S/C11H7BrClFN2O2S/c1-18-10(17)8-9(13)16-11(19-8)15-7-5(12)3-2-4-6(7)14/h2-4H,1H3,(H,15,16). The van der Waals surface area contributed by atoms with Gasteiger partial charge in [-0.3, -0.25) is 0 Å². The summed E-state index contributed by atoms with van der Waals surface area (Å²) < 4.78 is 18.7. The fraction of sp³-hybridized carbons (Fsp3) is 0.0909. The Morgan fingerprint density at radius 2 is 2.32 bits per heavy atom. The van der Waals surface area contributed by atoms with E-state index < -0.39 is 11.8 Å². The Morgan fingerprint density at radius 1 is 1.58 bits per heavy atom. The third-order valence-corrected chi connectivity index (χ3v) is 4.15. The van der Waals surface area contributed by atoms with Gasteiger partial charge in [-0.25, -0.2) is 14.2 Å². The van der Waals surface area contributed by atoms with Crippen LogP contribution >= 0.6 is 38.9 Å². The molecule has 1 aromatic carbocycles. The Balaban J connectivity index is 2.32. The van der Waals surface area contributed by atoms with Crippen LogP contribution in [0, 0.1) is 5.82 Å². The van der Waals surface area contributed by atoms with Gasteiger partial charge in [-0.05, 0) is 28.1 Å². The number of methoxy groups -OCH3 is 1. The van der Waals surface area contributed by atoms with Crippen LogP contribution in [-0.2, 0) is 4.74 Å². The molecule has 0 radical (unpaired) electrons. The normalized spacial score (nSPS) is 10.3. The van der Waals surface area contributed by atoms with Gasteiger partial charge in [0.2, 0.25) is 0 Å². The molecule has 0 saturated heterocycles. The number of carbonyl (C=O) groups is 1. The van der Waals surface area contributed by atoms with Crippen molar-refractivity contribution in [1.29, 1.82) is 0 Å². The second kappa shape index (κ2) is 5.85. The van der Waals surface area contributed by atoms with Gasteiger partial charge in [0.25, 0.3) is 0 Å². The second-order valence-electron chi connectivity index (χ2n) is 3.35. The smallest absolute Gasteiger partial charge is 0.351 e. The fourth-order valence-electron chi connectivity index (χ4n) is 1.30. The van der Waals surface area contributed by atoms with Gasteiger partial charge in [0.1, 0.15) is 5.82 Å². The number of hydrogen-bond donors (Lipinski definition) is 1. The van der Waals surface area contributed by atoms with Crippen molar-refractivity contribution >= 4 is 55.7 Å². The number of thiazole rings is 1. The fourth-order valence-corrected chi connectivity index (χ4v) is 2.85. The van der Waals surface area contributed by atoms with E-state index in [1.807, 2.05) is 0 Å². The molecule has 0 aliphatic carbocycles. The Morgan fingerprint density at radius 3 is 2.95 bits per heavy atom. The molecule has 2 aromatic rings. The molecular weight excluding hydrogens is 359 g/mol. The summed E-state index contributed by atoms with van der Waals surface area (Å²) >= 11 is 10.0. The maximum Gasteiger partial charge on any atom is 0.351 e. The van der Waals surface area contributed by atoms with Crippen LogP contribution in [-0.4, -0.2) is 18.1 Å². The van der Waals surface area contributed by atoms with Gasteiger partial charge < -0.3 is 10.1 Å². The maximum atomic E-state index is 13.6. The molecule has 0 bridgehead atoms. The molecule has 0 amide bonds. The molecule has 19 heavy (non-hydrogen) atoms. The number of nitrogens with one attached hydrogen (secondary N) is 1. The molecule has 0 unspecified atom stereocenters. The molecule has 0 spiro atoms. The molecule has 0 atom stereocenters.